The van der Waals surface area contributed by atoms with Crippen LogP contribution in [-0.2, 0) is 16.6 Å². The van der Waals surface area contributed by atoms with Crippen LogP contribution in [-0.4, -0.2) is 18.9 Å². The molecule has 0 bridgehead atoms. The predicted octanol–water partition coefficient (Wildman–Crippen LogP) is 2.89. The molecule has 0 aromatic heterocycles. The highest BCUT2D eigenvalue weighted by molar-refractivity contribution is 5.91. The number of benzene rings is 1. The Kier molecular flexibility index (Phi) is 2.14. The first-order chi connectivity index (χ1) is 8.37. The van der Waals surface area contributed by atoms with Crippen LogP contribution in [0.4, 0.5) is 14.5 Å². The molecule has 2 nitrogen and oxygen atoms in total. The maximum Gasteiger partial charge on any atom is 0.329 e. The van der Waals surface area contributed by atoms with E-state index in [1.807, 2.05) is 6.07 Å². The number of rotatable bonds is 2. The second kappa shape index (κ2) is 3.31. The Balaban J connectivity index is 2.04. The Morgan fingerprint density at radius 1 is 1.33 bits per heavy atom. The maximum atomic E-state index is 13.6. The van der Waals surface area contributed by atoms with E-state index in [1.165, 1.54) is 7.05 Å². The molecule has 0 saturated heterocycles. The van der Waals surface area contributed by atoms with E-state index >= 15 is 0 Å². The van der Waals surface area contributed by atoms with Gasteiger partial charge in [-0.1, -0.05) is 12.1 Å². The van der Waals surface area contributed by atoms with Gasteiger partial charge in [-0.3, -0.25) is 4.79 Å². The standard InChI is InChI=1S/C14H15F2NO/c1-9(18)13(5-6-13)11-4-3-10-8-14(15,16)17(2)12(10)7-11/h3-4,7H,5-6,8H2,1-2H3. The van der Waals surface area contributed by atoms with Crippen LogP contribution in [0.5, 0.6) is 0 Å². The van der Waals surface area contributed by atoms with Gasteiger partial charge in [0.1, 0.15) is 5.78 Å². The fraction of sp³-hybridized carbons (Fsp3) is 0.500. The summed E-state index contributed by atoms with van der Waals surface area (Å²) in [5, 5.41) is 0. The number of Topliss-reactive ketones (excluding diaryl/α,β-unsaturated/α-hetero) is 1. The number of anilines is 1. The average Bonchev–Trinajstić information content (AvgIpc) is 3.05. The topological polar surface area (TPSA) is 20.3 Å². The smallest absolute Gasteiger partial charge is 0.316 e. The SMILES string of the molecule is CC(=O)C1(c2ccc3c(c2)N(C)C(F)(F)C3)CC1. The van der Waals surface area contributed by atoms with Crippen molar-refractivity contribution in [3.05, 3.63) is 29.3 Å². The van der Waals surface area contributed by atoms with Crippen LogP contribution in [0.25, 0.3) is 0 Å². The molecule has 1 aromatic rings. The fourth-order valence-electron chi connectivity index (χ4n) is 2.82. The normalized spacial score (nSPS) is 22.8. The van der Waals surface area contributed by atoms with Crippen LogP contribution in [0.15, 0.2) is 18.2 Å². The number of alkyl halides is 2. The van der Waals surface area contributed by atoms with Gasteiger partial charge in [-0.15, -0.1) is 0 Å². The number of carbonyl (C=O) groups is 1. The van der Waals surface area contributed by atoms with E-state index in [0.29, 0.717) is 11.3 Å². The van der Waals surface area contributed by atoms with Crippen molar-refractivity contribution < 1.29 is 13.6 Å². The zero-order valence-corrected chi connectivity index (χ0v) is 10.5. The number of fused-ring (bicyclic) bond motifs is 1. The highest BCUT2D eigenvalue weighted by atomic mass is 19.3. The van der Waals surface area contributed by atoms with Gasteiger partial charge in [-0.05, 0) is 37.0 Å². The lowest BCUT2D eigenvalue weighted by atomic mass is 9.91. The number of hydrogen-bond acceptors (Lipinski definition) is 2. The Bertz CT molecular complexity index is 535. The van der Waals surface area contributed by atoms with Gasteiger partial charge < -0.3 is 4.90 Å². The van der Waals surface area contributed by atoms with Crippen molar-refractivity contribution >= 4 is 11.5 Å². The molecule has 4 heteroatoms. The monoisotopic (exact) mass is 251 g/mol. The fourth-order valence-corrected chi connectivity index (χ4v) is 2.82. The highest BCUT2D eigenvalue weighted by Crippen LogP contribution is 2.51. The van der Waals surface area contributed by atoms with E-state index in [2.05, 4.69) is 0 Å². The molecule has 1 saturated carbocycles. The molecule has 18 heavy (non-hydrogen) atoms. The lowest BCUT2D eigenvalue weighted by Gasteiger charge is -2.22. The highest BCUT2D eigenvalue weighted by Gasteiger charge is 2.50. The Labute approximate surface area is 105 Å². The third-order valence-corrected chi connectivity index (χ3v) is 4.32. The zero-order chi connectivity index (χ0) is 13.1. The first kappa shape index (κ1) is 11.6. The molecule has 2 aliphatic rings. The molecule has 0 atom stereocenters. The molecule has 1 heterocycles. The van der Waals surface area contributed by atoms with Gasteiger partial charge in [0, 0.05) is 12.7 Å². The summed E-state index contributed by atoms with van der Waals surface area (Å²) < 4.78 is 27.2. The minimum absolute atomic E-state index is 0.134. The first-order valence-corrected chi connectivity index (χ1v) is 6.13. The molecule has 0 spiro atoms. The Morgan fingerprint density at radius 3 is 2.56 bits per heavy atom. The summed E-state index contributed by atoms with van der Waals surface area (Å²) in [6.45, 7) is 1.58. The average molecular weight is 251 g/mol. The quantitative estimate of drug-likeness (QED) is 0.753. The molecule has 1 aromatic carbocycles. The number of halogens is 2. The minimum atomic E-state index is -2.81. The first-order valence-electron chi connectivity index (χ1n) is 6.13. The van der Waals surface area contributed by atoms with Gasteiger partial charge in [-0.2, -0.15) is 8.78 Å². The summed E-state index contributed by atoms with van der Waals surface area (Å²) in [6.07, 6.45) is 1.43. The number of hydrogen-bond donors (Lipinski definition) is 0. The van der Waals surface area contributed by atoms with Crippen molar-refractivity contribution in [2.75, 3.05) is 11.9 Å². The van der Waals surface area contributed by atoms with Gasteiger partial charge in [0.2, 0.25) is 0 Å². The molecule has 3 rings (SSSR count). The summed E-state index contributed by atoms with van der Waals surface area (Å²) in [4.78, 5) is 12.7. The lowest BCUT2D eigenvalue weighted by Crippen LogP contribution is -2.34. The Hall–Kier alpha value is -1.45. The summed E-state index contributed by atoms with van der Waals surface area (Å²) in [7, 11) is 1.41. The molecule has 0 unspecified atom stereocenters. The third kappa shape index (κ3) is 1.41. The van der Waals surface area contributed by atoms with Crippen molar-refractivity contribution in [1.82, 2.24) is 0 Å². The van der Waals surface area contributed by atoms with E-state index in [4.69, 9.17) is 0 Å². The molecular formula is C14H15F2NO. The zero-order valence-electron chi connectivity index (χ0n) is 10.5. The molecule has 1 aliphatic carbocycles. The van der Waals surface area contributed by atoms with Crippen LogP contribution in [0, 0.1) is 0 Å². The lowest BCUT2D eigenvalue weighted by molar-refractivity contribution is -0.119. The van der Waals surface area contributed by atoms with Crippen molar-refractivity contribution in [3.63, 3.8) is 0 Å². The Morgan fingerprint density at radius 2 is 2.00 bits per heavy atom. The van der Waals surface area contributed by atoms with Crippen LogP contribution >= 0.6 is 0 Å². The third-order valence-electron chi connectivity index (χ3n) is 4.32. The van der Waals surface area contributed by atoms with Crippen molar-refractivity contribution in [2.24, 2.45) is 0 Å². The van der Waals surface area contributed by atoms with Gasteiger partial charge >= 0.3 is 6.05 Å². The number of likely N-dealkylation sites (N-methyl/N-ethyl adjacent to an activating group) is 1. The van der Waals surface area contributed by atoms with Gasteiger partial charge in [-0.25, -0.2) is 0 Å². The maximum absolute atomic E-state index is 13.6. The second-order valence-electron chi connectivity index (χ2n) is 5.38. The second-order valence-corrected chi connectivity index (χ2v) is 5.38. The van der Waals surface area contributed by atoms with Crippen LogP contribution in [0.3, 0.4) is 0 Å². The number of nitrogens with zero attached hydrogens (tertiary/aromatic N) is 1. The van der Waals surface area contributed by atoms with Crippen LogP contribution in [0.1, 0.15) is 30.9 Å². The van der Waals surface area contributed by atoms with Crippen LogP contribution in [0.2, 0.25) is 0 Å². The molecular weight excluding hydrogens is 236 g/mol. The summed E-state index contributed by atoms with van der Waals surface area (Å²) in [5.41, 5.74) is 1.71. The minimum Gasteiger partial charge on any atom is -0.316 e. The molecule has 0 amide bonds. The molecule has 0 N–H and O–H groups in total. The van der Waals surface area contributed by atoms with Gasteiger partial charge in [0.25, 0.3) is 0 Å². The van der Waals surface area contributed by atoms with E-state index in [9.17, 15) is 13.6 Å². The van der Waals surface area contributed by atoms with Crippen molar-refractivity contribution in [2.45, 2.75) is 37.6 Å². The van der Waals surface area contributed by atoms with Crippen molar-refractivity contribution in [1.29, 1.82) is 0 Å². The van der Waals surface area contributed by atoms with Gasteiger partial charge in [0.05, 0.1) is 11.8 Å². The summed E-state index contributed by atoms with van der Waals surface area (Å²) >= 11 is 0. The van der Waals surface area contributed by atoms with Crippen LogP contribution < -0.4 is 4.90 Å². The van der Waals surface area contributed by atoms with E-state index in [-0.39, 0.29) is 12.2 Å². The summed E-state index contributed by atoms with van der Waals surface area (Å²) in [6, 6.07) is 2.53. The molecule has 1 fully saturated rings. The van der Waals surface area contributed by atoms with Gasteiger partial charge in [0.15, 0.2) is 0 Å². The van der Waals surface area contributed by atoms with E-state index < -0.39 is 11.5 Å². The molecule has 0 radical (unpaired) electrons. The van der Waals surface area contributed by atoms with E-state index in [1.54, 1.807) is 19.1 Å². The van der Waals surface area contributed by atoms with Crippen molar-refractivity contribution in [3.8, 4) is 0 Å². The molecule has 1 aliphatic heterocycles. The number of carbonyl (C=O) groups excluding carboxylic acids is 1. The number of ketones is 1. The summed E-state index contributed by atoms with van der Waals surface area (Å²) in [5.74, 6) is 0.134. The molecule has 96 valence electrons. The van der Waals surface area contributed by atoms with E-state index in [0.717, 1.165) is 23.3 Å². The predicted molar refractivity (Wildman–Crippen MR) is 65.1 cm³/mol. The largest absolute Gasteiger partial charge is 0.329 e.